The van der Waals surface area contributed by atoms with Crippen molar-refractivity contribution in [1.29, 1.82) is 0 Å². The summed E-state index contributed by atoms with van der Waals surface area (Å²) < 4.78 is 0. The van der Waals surface area contributed by atoms with E-state index in [2.05, 4.69) is 16.0 Å². The van der Waals surface area contributed by atoms with Gasteiger partial charge in [-0.05, 0) is 47.0 Å². The molecule has 0 heterocycles. The lowest BCUT2D eigenvalue weighted by molar-refractivity contribution is -0.139. The number of carbonyl (C=O) groups is 3. The quantitative estimate of drug-likeness (QED) is 0.267. The highest BCUT2D eigenvalue weighted by molar-refractivity contribution is 6.34. The van der Waals surface area contributed by atoms with Crippen LogP contribution in [0.1, 0.15) is 27.5 Å². The minimum Gasteiger partial charge on any atom is -0.479 e. The maximum Gasteiger partial charge on any atom is 0.330 e. The Morgan fingerprint density at radius 2 is 1.49 bits per heavy atom. The molecule has 4 rings (SSSR count). The zero-order valence-corrected chi connectivity index (χ0v) is 19.5. The van der Waals surface area contributed by atoms with Crippen molar-refractivity contribution >= 4 is 51.7 Å². The van der Waals surface area contributed by atoms with Crippen LogP contribution in [0.2, 0.25) is 5.02 Å². The van der Waals surface area contributed by atoms with Gasteiger partial charge in [0.25, 0.3) is 5.91 Å². The minimum atomic E-state index is -1.26. The predicted octanol–water partition coefficient (Wildman–Crippen LogP) is 6.00. The number of aryl methyl sites for hydroxylation is 1. The summed E-state index contributed by atoms with van der Waals surface area (Å²) in [6, 6.07) is 22.4. The molecule has 0 aromatic heterocycles. The Balaban J connectivity index is 1.67. The van der Waals surface area contributed by atoms with E-state index >= 15 is 0 Å². The number of benzene rings is 4. The molecule has 4 aromatic rings. The third kappa shape index (κ3) is 5.42. The average Bonchev–Trinajstić information content (AvgIpc) is 2.84. The molecule has 0 radical (unpaired) electrons. The van der Waals surface area contributed by atoms with Crippen LogP contribution >= 0.6 is 11.6 Å². The SMILES string of the molecule is Cc1cccc(Cl)c1NC(=O)Nc1cc2ccccc2cc1C(=O)N[C@H](C(=O)O)c1ccccc1. The largest absolute Gasteiger partial charge is 0.479 e. The molecule has 0 saturated carbocycles. The van der Waals surface area contributed by atoms with Crippen LogP contribution in [0.3, 0.4) is 0 Å². The van der Waals surface area contributed by atoms with Crippen molar-refractivity contribution in [2.24, 2.45) is 0 Å². The fourth-order valence-electron chi connectivity index (χ4n) is 3.73. The summed E-state index contributed by atoms with van der Waals surface area (Å²) >= 11 is 6.22. The van der Waals surface area contributed by atoms with Crippen molar-refractivity contribution in [3.05, 3.63) is 107 Å². The second-order valence-electron chi connectivity index (χ2n) is 7.91. The Hall–Kier alpha value is -4.36. The molecule has 0 fully saturated rings. The van der Waals surface area contributed by atoms with Crippen LogP contribution in [0.25, 0.3) is 10.8 Å². The van der Waals surface area contributed by atoms with Crippen LogP contribution < -0.4 is 16.0 Å². The van der Waals surface area contributed by atoms with Gasteiger partial charge in [-0.15, -0.1) is 0 Å². The van der Waals surface area contributed by atoms with Crippen molar-refractivity contribution in [2.45, 2.75) is 13.0 Å². The first-order chi connectivity index (χ1) is 16.8. The van der Waals surface area contributed by atoms with Gasteiger partial charge in [-0.1, -0.05) is 78.3 Å². The van der Waals surface area contributed by atoms with Gasteiger partial charge in [0.1, 0.15) is 0 Å². The molecule has 3 amide bonds. The lowest BCUT2D eigenvalue weighted by atomic mass is 10.0. The van der Waals surface area contributed by atoms with Gasteiger partial charge in [-0.2, -0.15) is 0 Å². The second-order valence-corrected chi connectivity index (χ2v) is 8.32. The Kier molecular flexibility index (Phi) is 6.98. The molecule has 8 heteroatoms. The summed E-state index contributed by atoms with van der Waals surface area (Å²) in [7, 11) is 0. The number of aliphatic carboxylic acids is 1. The number of hydrogen-bond donors (Lipinski definition) is 4. The third-order valence-electron chi connectivity index (χ3n) is 5.49. The van der Waals surface area contributed by atoms with Crippen molar-refractivity contribution < 1.29 is 19.5 Å². The molecule has 0 aliphatic rings. The Morgan fingerprint density at radius 3 is 2.14 bits per heavy atom. The van der Waals surface area contributed by atoms with E-state index in [0.717, 1.165) is 16.3 Å². The molecule has 0 saturated heterocycles. The van der Waals surface area contributed by atoms with Crippen molar-refractivity contribution in [3.63, 3.8) is 0 Å². The number of carboxylic acids is 1. The molecular weight excluding hydrogens is 466 g/mol. The number of urea groups is 1. The van der Waals surface area contributed by atoms with E-state index in [1.807, 2.05) is 37.3 Å². The van der Waals surface area contributed by atoms with E-state index in [-0.39, 0.29) is 11.3 Å². The lowest BCUT2D eigenvalue weighted by Crippen LogP contribution is -2.34. The number of nitrogens with one attached hydrogen (secondary N) is 3. The number of carbonyl (C=O) groups excluding carboxylic acids is 2. The van der Waals surface area contributed by atoms with Gasteiger partial charge in [-0.3, -0.25) is 4.79 Å². The number of halogens is 1. The smallest absolute Gasteiger partial charge is 0.330 e. The fraction of sp³-hybridized carbons (Fsp3) is 0.0741. The number of fused-ring (bicyclic) bond motifs is 1. The van der Waals surface area contributed by atoms with Crippen LogP contribution in [-0.4, -0.2) is 23.0 Å². The molecule has 7 nitrogen and oxygen atoms in total. The number of rotatable bonds is 6. The van der Waals surface area contributed by atoms with Crippen LogP contribution in [0.5, 0.6) is 0 Å². The van der Waals surface area contributed by atoms with Crippen LogP contribution in [0.4, 0.5) is 16.2 Å². The predicted molar refractivity (Wildman–Crippen MR) is 137 cm³/mol. The van der Waals surface area contributed by atoms with Gasteiger partial charge in [0.05, 0.1) is 22.0 Å². The third-order valence-corrected chi connectivity index (χ3v) is 5.81. The van der Waals surface area contributed by atoms with Crippen molar-refractivity contribution in [2.75, 3.05) is 10.6 Å². The average molecular weight is 488 g/mol. The molecule has 0 aliphatic heterocycles. The first kappa shape index (κ1) is 23.8. The number of para-hydroxylation sites is 1. The highest BCUT2D eigenvalue weighted by Crippen LogP contribution is 2.28. The number of anilines is 2. The fourth-order valence-corrected chi connectivity index (χ4v) is 4.00. The zero-order chi connectivity index (χ0) is 24.9. The second kappa shape index (κ2) is 10.3. The first-order valence-electron chi connectivity index (χ1n) is 10.8. The molecule has 0 unspecified atom stereocenters. The molecule has 1 atom stereocenters. The van der Waals surface area contributed by atoms with Gasteiger partial charge in [0.2, 0.25) is 0 Å². The molecule has 35 heavy (non-hydrogen) atoms. The van der Waals surface area contributed by atoms with Gasteiger partial charge < -0.3 is 21.1 Å². The highest BCUT2D eigenvalue weighted by atomic mass is 35.5. The minimum absolute atomic E-state index is 0.122. The Morgan fingerprint density at radius 1 is 0.829 bits per heavy atom. The summed E-state index contributed by atoms with van der Waals surface area (Å²) in [5.74, 6) is -1.84. The maximum atomic E-state index is 13.3. The summed E-state index contributed by atoms with van der Waals surface area (Å²) in [5, 5.41) is 19.6. The summed E-state index contributed by atoms with van der Waals surface area (Å²) in [6.45, 7) is 1.81. The van der Waals surface area contributed by atoms with Crippen molar-refractivity contribution in [3.8, 4) is 0 Å². The lowest BCUT2D eigenvalue weighted by Gasteiger charge is -2.18. The summed E-state index contributed by atoms with van der Waals surface area (Å²) in [6.07, 6.45) is 0. The summed E-state index contributed by atoms with van der Waals surface area (Å²) in [4.78, 5) is 38.0. The molecular formula is C27H22ClN3O4. The molecule has 0 spiro atoms. The van der Waals surface area contributed by atoms with E-state index in [1.54, 1.807) is 54.6 Å². The van der Waals surface area contributed by atoms with Crippen LogP contribution in [0, 0.1) is 6.92 Å². The van der Waals surface area contributed by atoms with E-state index in [9.17, 15) is 19.5 Å². The maximum absolute atomic E-state index is 13.3. The van der Waals surface area contributed by atoms with Gasteiger partial charge in [0, 0.05) is 0 Å². The topological polar surface area (TPSA) is 108 Å². The number of carboxylic acid groups (broad SMARTS) is 1. The molecule has 176 valence electrons. The molecule has 0 aliphatic carbocycles. The van der Waals surface area contributed by atoms with Gasteiger partial charge in [0.15, 0.2) is 6.04 Å². The number of hydrogen-bond acceptors (Lipinski definition) is 3. The number of amides is 3. The van der Waals surface area contributed by atoms with Gasteiger partial charge in [-0.25, -0.2) is 9.59 Å². The van der Waals surface area contributed by atoms with Crippen LogP contribution in [0.15, 0.2) is 84.9 Å². The van der Waals surface area contributed by atoms with Crippen LogP contribution in [-0.2, 0) is 4.79 Å². The van der Waals surface area contributed by atoms with E-state index in [0.29, 0.717) is 16.3 Å². The highest BCUT2D eigenvalue weighted by Gasteiger charge is 2.24. The van der Waals surface area contributed by atoms with Gasteiger partial charge >= 0.3 is 12.0 Å². The van der Waals surface area contributed by atoms with E-state index in [1.165, 1.54) is 0 Å². The molecule has 4 aromatic carbocycles. The molecule has 0 bridgehead atoms. The van der Waals surface area contributed by atoms with E-state index < -0.39 is 23.9 Å². The monoisotopic (exact) mass is 487 g/mol. The van der Waals surface area contributed by atoms with Crippen molar-refractivity contribution in [1.82, 2.24) is 5.32 Å². The Labute approximate surface area is 206 Å². The normalized spacial score (nSPS) is 11.5. The zero-order valence-electron chi connectivity index (χ0n) is 18.7. The Bertz CT molecular complexity index is 1400. The first-order valence-corrected chi connectivity index (χ1v) is 11.2. The summed E-state index contributed by atoms with van der Waals surface area (Å²) in [5.41, 5.74) is 2.00. The molecule has 4 N–H and O–H groups in total. The van der Waals surface area contributed by atoms with E-state index in [4.69, 9.17) is 11.6 Å². The standard InChI is InChI=1S/C27H22ClN3O4/c1-16-8-7-13-21(28)23(16)31-27(35)29-22-15-19-12-6-5-11-18(19)14-20(22)25(32)30-24(26(33)34)17-9-3-2-4-10-17/h2-15,24H,1H3,(H,30,32)(H,33,34)(H2,29,31,35)/t24-/m0/s1.